The van der Waals surface area contributed by atoms with Crippen molar-refractivity contribution in [1.82, 2.24) is 41.0 Å². The quantitative estimate of drug-likeness (QED) is 0.112. The lowest BCUT2D eigenvalue weighted by Gasteiger charge is -2.33. The Kier molecular flexibility index (Phi) is 16.3. The maximum atomic E-state index is 13.6. The van der Waals surface area contributed by atoms with Gasteiger partial charge in [0.05, 0.1) is 6.54 Å². The van der Waals surface area contributed by atoms with E-state index in [9.17, 15) is 19.2 Å². The van der Waals surface area contributed by atoms with E-state index in [0.717, 1.165) is 68.2 Å². The molecule has 0 aliphatic heterocycles. The number of nitrogens with zero attached hydrogens (tertiary/aromatic N) is 5. The monoisotopic (exact) mass is 859 g/mol. The minimum Gasteiger partial charge on any atom is -0.484 e. The highest BCUT2D eigenvalue weighted by atomic mass is 35.5. The number of amides is 4. The Bertz CT molecular complexity index is 2000. The number of carbonyl (C=O) groups is 4. The van der Waals surface area contributed by atoms with Gasteiger partial charge in [-0.3, -0.25) is 19.2 Å². The number of aryl methyl sites for hydroxylation is 1. The van der Waals surface area contributed by atoms with Gasteiger partial charge in [-0.25, -0.2) is 9.97 Å². The molecule has 2 saturated carbocycles. The van der Waals surface area contributed by atoms with Crippen LogP contribution < -0.4 is 42.4 Å². The number of halogens is 1. The second-order valence-corrected chi connectivity index (χ2v) is 16.8. The molecule has 1 aromatic heterocycles. The number of hydrogen-bond donors (Lipinski definition) is 6. The number of nitrogens with one attached hydrogen (secondary N) is 4. The maximum absolute atomic E-state index is 13.6. The molecule has 0 bridgehead atoms. The van der Waals surface area contributed by atoms with Gasteiger partial charge in [-0.05, 0) is 129 Å². The summed E-state index contributed by atoms with van der Waals surface area (Å²) in [4.78, 5) is 67.5. The van der Waals surface area contributed by atoms with Crippen molar-refractivity contribution >= 4 is 52.6 Å². The Morgan fingerprint density at radius 3 is 1.87 bits per heavy atom. The van der Waals surface area contributed by atoms with Crippen molar-refractivity contribution < 1.29 is 23.9 Å². The molecule has 2 fully saturated rings. The van der Waals surface area contributed by atoms with Crippen LogP contribution in [0.15, 0.2) is 48.7 Å². The molecule has 0 saturated heterocycles. The van der Waals surface area contributed by atoms with Gasteiger partial charge >= 0.3 is 0 Å². The van der Waals surface area contributed by atoms with E-state index in [0.29, 0.717) is 35.5 Å². The molecule has 5 rings (SSSR count). The fraction of sp³-hybridized carbons (Fsp3) is 0.500. The maximum Gasteiger partial charge on any atom is 0.274 e. The minimum atomic E-state index is -0.579. The first kappa shape index (κ1) is 46.6. The van der Waals surface area contributed by atoms with Crippen molar-refractivity contribution in [3.05, 3.63) is 81.8 Å². The number of nitrogens with two attached hydrogens (primary N) is 2. The first-order chi connectivity index (χ1) is 29.0. The van der Waals surface area contributed by atoms with Crippen LogP contribution in [-0.2, 0) is 11.3 Å². The number of nitrogen functional groups attached to an aromatic ring is 2. The Morgan fingerprint density at radius 2 is 1.34 bits per heavy atom. The molecule has 0 unspecified atom stereocenters. The average Bonchev–Trinajstić information content (AvgIpc) is 3.23. The normalized spacial score (nSPS) is 18.9. The summed E-state index contributed by atoms with van der Waals surface area (Å²) in [6.45, 7) is 8.60. The summed E-state index contributed by atoms with van der Waals surface area (Å²) in [5.41, 5.74) is 15.2. The Hall–Kier alpha value is -5.45. The van der Waals surface area contributed by atoms with Gasteiger partial charge in [-0.1, -0.05) is 30.3 Å². The van der Waals surface area contributed by atoms with Crippen LogP contribution in [0.2, 0.25) is 5.15 Å². The van der Waals surface area contributed by atoms with Crippen molar-refractivity contribution in [2.24, 2.45) is 0 Å². The zero-order valence-electron chi connectivity index (χ0n) is 36.3. The molecule has 2 aliphatic rings. The number of aromatic nitrogens is 2. The summed E-state index contributed by atoms with van der Waals surface area (Å²) in [6.07, 6.45) is 7.44. The predicted octanol–water partition coefficient (Wildman–Crippen LogP) is 4.27. The molecule has 2 aromatic carbocycles. The third-order valence-corrected chi connectivity index (χ3v) is 11.9. The van der Waals surface area contributed by atoms with E-state index in [2.05, 4.69) is 75.8 Å². The van der Waals surface area contributed by atoms with Gasteiger partial charge in [0.2, 0.25) is 0 Å². The largest absolute Gasteiger partial charge is 0.484 e. The highest BCUT2D eigenvalue weighted by Crippen LogP contribution is 2.27. The summed E-state index contributed by atoms with van der Waals surface area (Å²) < 4.78 is 5.96. The van der Waals surface area contributed by atoms with E-state index < -0.39 is 5.91 Å². The highest BCUT2D eigenvalue weighted by molar-refractivity contribution is 6.31. The summed E-state index contributed by atoms with van der Waals surface area (Å²) in [6, 6.07) is 11.6. The molecule has 8 N–H and O–H groups in total. The molecule has 16 nitrogen and oxygen atoms in total. The Balaban J connectivity index is 1.21. The van der Waals surface area contributed by atoms with Crippen LogP contribution in [0.4, 0.5) is 17.3 Å². The molecule has 3 aromatic rings. The molecular weight excluding hydrogens is 798 g/mol. The molecule has 0 atom stereocenters. The second-order valence-electron chi connectivity index (χ2n) is 16.4. The lowest BCUT2D eigenvalue weighted by atomic mass is 9.90. The minimum absolute atomic E-state index is 0.0319. The molecule has 0 radical (unpaired) electrons. The van der Waals surface area contributed by atoms with E-state index >= 15 is 0 Å². The molecule has 330 valence electrons. The van der Waals surface area contributed by atoms with Crippen LogP contribution in [0.5, 0.6) is 5.75 Å². The first-order valence-corrected chi connectivity index (χ1v) is 21.3. The van der Waals surface area contributed by atoms with Crippen LogP contribution in [0, 0.1) is 6.92 Å². The van der Waals surface area contributed by atoms with E-state index in [-0.39, 0.29) is 77.7 Å². The molecule has 2 aliphatic carbocycles. The van der Waals surface area contributed by atoms with Crippen LogP contribution >= 0.6 is 11.6 Å². The molecular formula is C44H62ClN11O5. The Morgan fingerprint density at radius 1 is 0.787 bits per heavy atom. The van der Waals surface area contributed by atoms with E-state index in [1.54, 1.807) is 18.2 Å². The molecule has 0 spiro atoms. The van der Waals surface area contributed by atoms with Crippen LogP contribution in [-0.4, -0.2) is 115 Å². The number of carbonyl (C=O) groups excluding carboxylic acids is 4. The van der Waals surface area contributed by atoms with Gasteiger partial charge in [0.15, 0.2) is 29.1 Å². The standard InChI is InChI=1S/C44H62ClN11O5/c1-8-56(27(3)23-49-44(60)38-40(46)53-41(47)39(45)52-38)36-19-28(10-9-26(36)2)24-48-37(57)25-61-35-21-29(42(58)50-31-11-15-33(16-12-31)54(4)5)20-30(22-35)43(59)51-32-13-17-34(18-14-32)55(6)7/h9-10,19-22,31-34H,3,8,11-18,23-25H2,1-2,4-7H3,(H,48,57)(H,49,60)(H,50,58)(H,51,59)(H4,46,47,53). The number of likely N-dealkylation sites (N-methyl/N-ethyl adjacent to an activating group) is 1. The van der Waals surface area contributed by atoms with Gasteiger partial charge in [-0.2, -0.15) is 0 Å². The van der Waals surface area contributed by atoms with E-state index in [1.165, 1.54) is 0 Å². The third-order valence-electron chi connectivity index (χ3n) is 11.7. The summed E-state index contributed by atoms with van der Waals surface area (Å²) in [5, 5.41) is 11.9. The van der Waals surface area contributed by atoms with Gasteiger partial charge < -0.3 is 52.2 Å². The number of rotatable bonds is 17. The van der Waals surface area contributed by atoms with Crippen molar-refractivity contribution in [2.75, 3.05) is 64.3 Å². The third kappa shape index (κ3) is 12.8. The van der Waals surface area contributed by atoms with Gasteiger partial charge in [0.25, 0.3) is 23.6 Å². The first-order valence-electron chi connectivity index (χ1n) is 20.9. The van der Waals surface area contributed by atoms with Gasteiger partial charge in [-0.15, -0.1) is 0 Å². The summed E-state index contributed by atoms with van der Waals surface area (Å²) in [7, 11) is 8.32. The number of anilines is 3. The number of hydrogen-bond acceptors (Lipinski definition) is 12. The fourth-order valence-corrected chi connectivity index (χ4v) is 8.07. The van der Waals surface area contributed by atoms with Crippen molar-refractivity contribution in [3.63, 3.8) is 0 Å². The fourth-order valence-electron chi connectivity index (χ4n) is 7.95. The molecule has 61 heavy (non-hydrogen) atoms. The van der Waals surface area contributed by atoms with Crippen molar-refractivity contribution in [2.45, 2.75) is 95.9 Å². The topological polar surface area (TPSA) is 213 Å². The lowest BCUT2D eigenvalue weighted by molar-refractivity contribution is -0.123. The van der Waals surface area contributed by atoms with Crippen LogP contribution in [0.3, 0.4) is 0 Å². The average molecular weight is 861 g/mol. The van der Waals surface area contributed by atoms with Crippen molar-refractivity contribution in [1.29, 1.82) is 0 Å². The second kappa shape index (κ2) is 21.4. The zero-order chi connectivity index (χ0) is 44.4. The molecule has 1 heterocycles. The summed E-state index contributed by atoms with van der Waals surface area (Å²) >= 11 is 5.95. The number of benzene rings is 2. The van der Waals surface area contributed by atoms with Crippen molar-refractivity contribution in [3.8, 4) is 5.75 Å². The highest BCUT2D eigenvalue weighted by Gasteiger charge is 2.27. The number of ether oxygens (including phenoxy) is 1. The lowest BCUT2D eigenvalue weighted by Crippen LogP contribution is -2.42. The van der Waals surface area contributed by atoms with Gasteiger partial charge in [0.1, 0.15) is 5.75 Å². The van der Waals surface area contributed by atoms with E-state index in [1.807, 2.05) is 36.9 Å². The predicted molar refractivity (Wildman–Crippen MR) is 240 cm³/mol. The smallest absolute Gasteiger partial charge is 0.274 e. The Labute approximate surface area is 364 Å². The van der Waals surface area contributed by atoms with Crippen LogP contribution in [0.25, 0.3) is 0 Å². The summed E-state index contributed by atoms with van der Waals surface area (Å²) in [5.74, 6) is -1.49. The van der Waals surface area contributed by atoms with Crippen LogP contribution in [0.1, 0.15) is 101 Å². The molecule has 17 heteroatoms. The molecule has 4 amide bonds. The zero-order valence-corrected chi connectivity index (χ0v) is 37.0. The SMILES string of the molecule is C=C(CNC(=O)c1nc(Cl)c(N)nc1N)N(CC)c1cc(CNC(=O)COc2cc(C(=O)NC3CCC(N(C)C)CC3)cc(C(=O)NC3CCC(N(C)C)CC3)c2)ccc1C. The van der Waals surface area contributed by atoms with Gasteiger partial charge in [0, 0.05) is 59.8 Å². The van der Waals surface area contributed by atoms with E-state index in [4.69, 9.17) is 27.8 Å².